The zero-order chi connectivity index (χ0) is 10.8. The van der Waals surface area contributed by atoms with Gasteiger partial charge in [0.15, 0.2) is 0 Å². The van der Waals surface area contributed by atoms with Crippen molar-refractivity contribution in [3.63, 3.8) is 0 Å². The van der Waals surface area contributed by atoms with Crippen molar-refractivity contribution in [3.05, 3.63) is 29.8 Å². The van der Waals surface area contributed by atoms with Gasteiger partial charge in [0.05, 0.1) is 12.2 Å². The van der Waals surface area contributed by atoms with Crippen molar-refractivity contribution in [2.45, 2.75) is 38.1 Å². The van der Waals surface area contributed by atoms with Gasteiger partial charge in [0.25, 0.3) is 0 Å². The predicted octanol–water partition coefficient (Wildman–Crippen LogP) is 1.64. The number of ether oxygens (including phenoxy) is 1. The maximum atomic E-state index is 9.67. The summed E-state index contributed by atoms with van der Waals surface area (Å²) in [6, 6.07) is 7.28. The van der Waals surface area contributed by atoms with Gasteiger partial charge in [-0.3, -0.25) is 0 Å². The fraction of sp³-hybridized carbons (Fsp3) is 0.500. The second-order valence-electron chi connectivity index (χ2n) is 4.08. The van der Waals surface area contributed by atoms with Crippen molar-refractivity contribution in [2.24, 2.45) is 0 Å². The summed E-state index contributed by atoms with van der Waals surface area (Å²) < 4.78 is 5.60. The molecular formula is C12H16O3. The van der Waals surface area contributed by atoms with Crippen molar-refractivity contribution in [1.82, 2.24) is 0 Å². The van der Waals surface area contributed by atoms with E-state index in [0.29, 0.717) is 11.7 Å². The fourth-order valence-corrected chi connectivity index (χ4v) is 1.43. The summed E-state index contributed by atoms with van der Waals surface area (Å²) in [7, 11) is 0. The molecule has 1 fully saturated rings. The first-order chi connectivity index (χ1) is 7.16. The van der Waals surface area contributed by atoms with Crippen molar-refractivity contribution in [1.29, 1.82) is 0 Å². The van der Waals surface area contributed by atoms with Gasteiger partial charge in [0.2, 0.25) is 0 Å². The van der Waals surface area contributed by atoms with E-state index in [1.807, 2.05) is 12.1 Å². The monoisotopic (exact) mass is 208 g/mol. The molecule has 0 amide bonds. The summed E-state index contributed by atoms with van der Waals surface area (Å²) in [5.74, 6) is 0.773. The van der Waals surface area contributed by atoms with Crippen LogP contribution in [-0.2, 0) is 0 Å². The van der Waals surface area contributed by atoms with Gasteiger partial charge >= 0.3 is 0 Å². The van der Waals surface area contributed by atoms with Crippen LogP contribution in [0.1, 0.15) is 31.4 Å². The molecule has 15 heavy (non-hydrogen) atoms. The number of hydrogen-bond donors (Lipinski definition) is 2. The Hall–Kier alpha value is -1.06. The molecule has 82 valence electrons. The van der Waals surface area contributed by atoms with Crippen molar-refractivity contribution >= 4 is 0 Å². The Morgan fingerprint density at radius 3 is 2.67 bits per heavy atom. The smallest absolute Gasteiger partial charge is 0.120 e. The van der Waals surface area contributed by atoms with Crippen LogP contribution in [-0.4, -0.2) is 22.4 Å². The largest absolute Gasteiger partial charge is 0.490 e. The third-order valence-electron chi connectivity index (χ3n) is 2.48. The van der Waals surface area contributed by atoms with Gasteiger partial charge in [-0.1, -0.05) is 12.1 Å². The molecule has 3 nitrogen and oxygen atoms in total. The van der Waals surface area contributed by atoms with Crippen LogP contribution in [0.3, 0.4) is 0 Å². The molecule has 0 radical (unpaired) electrons. The Kier molecular flexibility index (Phi) is 2.93. The zero-order valence-electron chi connectivity index (χ0n) is 8.76. The van der Waals surface area contributed by atoms with Gasteiger partial charge < -0.3 is 14.9 Å². The van der Waals surface area contributed by atoms with E-state index >= 15 is 0 Å². The molecule has 0 aromatic heterocycles. The van der Waals surface area contributed by atoms with Crippen LogP contribution in [0.4, 0.5) is 0 Å². The Morgan fingerprint density at radius 2 is 2.07 bits per heavy atom. The molecule has 2 unspecified atom stereocenters. The first-order valence-corrected chi connectivity index (χ1v) is 5.29. The molecule has 1 aliphatic rings. The van der Waals surface area contributed by atoms with Crippen LogP contribution in [0, 0.1) is 0 Å². The third kappa shape index (κ3) is 2.70. The minimum atomic E-state index is -0.840. The number of hydrogen-bond acceptors (Lipinski definition) is 3. The average Bonchev–Trinajstić information content (AvgIpc) is 3.01. The van der Waals surface area contributed by atoms with Crippen LogP contribution in [0.15, 0.2) is 24.3 Å². The highest BCUT2D eigenvalue weighted by molar-refractivity contribution is 5.30. The average molecular weight is 208 g/mol. The standard InChI is InChI=1S/C12H16O3/c1-8(13)12(14)9-3-2-4-11(7-9)15-10-5-6-10/h2-4,7-8,10,12-14H,5-6H2,1H3. The van der Waals surface area contributed by atoms with Crippen LogP contribution in [0.25, 0.3) is 0 Å². The van der Waals surface area contributed by atoms with Crippen LogP contribution in [0.5, 0.6) is 5.75 Å². The molecule has 1 aromatic rings. The molecule has 1 aliphatic carbocycles. The lowest BCUT2D eigenvalue weighted by atomic mass is 10.1. The first-order valence-electron chi connectivity index (χ1n) is 5.29. The Labute approximate surface area is 89.3 Å². The number of benzene rings is 1. The molecule has 2 atom stereocenters. The van der Waals surface area contributed by atoms with Crippen LogP contribution >= 0.6 is 0 Å². The molecule has 1 aromatic carbocycles. The van der Waals surface area contributed by atoms with Crippen molar-refractivity contribution in [3.8, 4) is 5.75 Å². The van der Waals surface area contributed by atoms with Crippen molar-refractivity contribution < 1.29 is 14.9 Å². The summed E-state index contributed by atoms with van der Waals surface area (Å²) in [4.78, 5) is 0. The van der Waals surface area contributed by atoms with Gasteiger partial charge in [-0.2, -0.15) is 0 Å². The Balaban J connectivity index is 2.10. The SMILES string of the molecule is CC(O)C(O)c1cccc(OC2CC2)c1. The van der Waals surface area contributed by atoms with Crippen LogP contribution in [0.2, 0.25) is 0 Å². The first kappa shape index (κ1) is 10.5. The molecule has 2 rings (SSSR count). The maximum absolute atomic E-state index is 9.67. The van der Waals surface area contributed by atoms with Gasteiger partial charge in [-0.25, -0.2) is 0 Å². The highest BCUT2D eigenvalue weighted by atomic mass is 16.5. The lowest BCUT2D eigenvalue weighted by Gasteiger charge is -2.15. The van der Waals surface area contributed by atoms with E-state index in [1.165, 1.54) is 0 Å². The molecule has 0 spiro atoms. The topological polar surface area (TPSA) is 49.7 Å². The predicted molar refractivity (Wildman–Crippen MR) is 56.7 cm³/mol. The van der Waals surface area contributed by atoms with E-state index in [1.54, 1.807) is 19.1 Å². The molecule has 1 saturated carbocycles. The summed E-state index contributed by atoms with van der Waals surface area (Å²) in [6.07, 6.45) is 0.977. The molecular weight excluding hydrogens is 192 g/mol. The summed E-state index contributed by atoms with van der Waals surface area (Å²) in [6.45, 7) is 1.57. The van der Waals surface area contributed by atoms with Gasteiger partial charge in [-0.15, -0.1) is 0 Å². The minimum Gasteiger partial charge on any atom is -0.490 e. The van der Waals surface area contributed by atoms with E-state index in [2.05, 4.69) is 0 Å². The van der Waals surface area contributed by atoms with Gasteiger partial charge in [-0.05, 0) is 37.5 Å². The number of aliphatic hydroxyl groups is 2. The molecule has 0 heterocycles. The van der Waals surface area contributed by atoms with E-state index in [-0.39, 0.29) is 0 Å². The number of aliphatic hydroxyl groups excluding tert-OH is 2. The minimum absolute atomic E-state index is 0.351. The van der Waals surface area contributed by atoms with Crippen LogP contribution < -0.4 is 4.74 Å². The summed E-state index contributed by atoms with van der Waals surface area (Å²) in [5, 5.41) is 18.9. The second-order valence-corrected chi connectivity index (χ2v) is 4.08. The van der Waals surface area contributed by atoms with Gasteiger partial charge in [0.1, 0.15) is 11.9 Å². The molecule has 0 aliphatic heterocycles. The normalized spacial score (nSPS) is 19.7. The van der Waals surface area contributed by atoms with Gasteiger partial charge in [0, 0.05) is 0 Å². The Morgan fingerprint density at radius 1 is 1.33 bits per heavy atom. The van der Waals surface area contributed by atoms with E-state index < -0.39 is 12.2 Å². The molecule has 2 N–H and O–H groups in total. The van der Waals surface area contributed by atoms with Crippen molar-refractivity contribution in [2.75, 3.05) is 0 Å². The second kappa shape index (κ2) is 4.21. The molecule has 3 heteroatoms. The quantitative estimate of drug-likeness (QED) is 0.790. The number of rotatable bonds is 4. The lowest BCUT2D eigenvalue weighted by molar-refractivity contribution is 0.0304. The highest BCUT2D eigenvalue weighted by Gasteiger charge is 2.23. The molecule has 0 saturated heterocycles. The third-order valence-corrected chi connectivity index (χ3v) is 2.48. The highest BCUT2D eigenvalue weighted by Crippen LogP contribution is 2.28. The summed E-state index contributed by atoms with van der Waals surface area (Å²) >= 11 is 0. The van der Waals surface area contributed by atoms with E-state index in [0.717, 1.165) is 18.6 Å². The fourth-order valence-electron chi connectivity index (χ4n) is 1.43. The Bertz CT molecular complexity index is 331. The molecule has 0 bridgehead atoms. The lowest BCUT2D eigenvalue weighted by Crippen LogP contribution is -2.13. The van der Waals surface area contributed by atoms with E-state index in [9.17, 15) is 10.2 Å². The zero-order valence-corrected chi connectivity index (χ0v) is 8.76. The van der Waals surface area contributed by atoms with E-state index in [4.69, 9.17) is 4.74 Å². The maximum Gasteiger partial charge on any atom is 0.120 e. The summed E-state index contributed by atoms with van der Waals surface area (Å²) in [5.41, 5.74) is 0.697.